The Kier molecular flexibility index (Phi) is 79.0. The molecule has 2 aromatic rings. The molecule has 2 aromatic carbocycles. The molecule has 0 aromatic heterocycles. The maximum absolute atomic E-state index is 8.65. The molecule has 0 aliphatic rings. The second kappa shape index (κ2) is 53.8. The fourth-order valence-corrected chi connectivity index (χ4v) is 198. The van der Waals surface area contributed by atoms with E-state index in [0.29, 0.717) is 36.8 Å². The predicted molar refractivity (Wildman–Crippen MR) is 563 cm³/mol. The number of rotatable bonds is 19. The summed E-state index contributed by atoms with van der Waals surface area (Å²) in [5.41, 5.74) is 7.13. The summed E-state index contributed by atoms with van der Waals surface area (Å²) in [5, 5.41) is -18.9. The second-order valence-electron chi connectivity index (χ2n) is 12.8. The van der Waals surface area contributed by atoms with Gasteiger partial charge in [-0.2, -0.15) is 5.26 Å². The van der Waals surface area contributed by atoms with Gasteiger partial charge in [0.15, 0.2) is 23.0 Å². The van der Waals surface area contributed by atoms with Crippen molar-refractivity contribution in [2.24, 2.45) is 5.73 Å². The zero-order chi connectivity index (χ0) is 67.4. The van der Waals surface area contributed by atoms with Crippen molar-refractivity contribution in [1.82, 2.24) is 0 Å². The van der Waals surface area contributed by atoms with Crippen molar-refractivity contribution in [3.63, 3.8) is 0 Å². The zero-order valence-corrected chi connectivity index (χ0v) is 86.9. The van der Waals surface area contributed by atoms with Crippen LogP contribution < -0.4 is 24.7 Å². The molecule has 0 aliphatic heterocycles. The molecule has 0 unspecified atom stereocenters. The molecule has 0 spiro atoms. The van der Waals surface area contributed by atoms with Gasteiger partial charge in [0.2, 0.25) is 0 Å². The zero-order valence-electron chi connectivity index (χ0n) is 44.1. The summed E-state index contributed by atoms with van der Waals surface area (Å²) in [6.45, 7) is 5.53. The quantitative estimate of drug-likeness (QED) is 0.0768. The Balaban J connectivity index is -0.0000000647. The van der Waals surface area contributed by atoms with Crippen LogP contribution in [0, 0.1) is 11.3 Å². The Morgan fingerprint density at radius 3 is 0.696 bits per heavy atom. The first kappa shape index (κ1) is 135. The number of hydrogen-bond acceptors (Lipinski definition) is 38. The Hall–Kier alpha value is 10.9. The molecule has 0 bridgehead atoms. The fourth-order valence-electron chi connectivity index (χ4n) is 3.16. The summed E-state index contributed by atoms with van der Waals surface area (Å²) < 4.78 is 20.9. The molecule has 0 aliphatic carbocycles. The van der Waals surface area contributed by atoms with Gasteiger partial charge in [0.05, 0.1) is 39.1 Å². The van der Waals surface area contributed by atoms with Crippen molar-refractivity contribution >= 4 is 492 Å². The Morgan fingerprint density at radius 1 is 0.359 bits per heavy atom. The molecule has 64 heteroatoms. The van der Waals surface area contributed by atoms with Gasteiger partial charge in [0.25, 0.3) is 0 Å². The van der Waals surface area contributed by atoms with E-state index < -0.39 is 87.2 Å². The van der Waals surface area contributed by atoms with E-state index in [-0.39, 0.29) is 62.6 Å². The molecule has 2 rings (SSSR count). The lowest BCUT2D eigenvalue weighted by Crippen LogP contribution is -2.21. The van der Waals surface area contributed by atoms with Gasteiger partial charge < -0.3 is 57.5 Å². The Bertz CT molecular complexity index is 3940. The number of thiol groups is 4. The predicted octanol–water partition coefficient (Wildman–Crippen LogP) is 3.18. The Labute approximate surface area is 718 Å². The second-order valence-corrected chi connectivity index (χ2v) is 179. The van der Waals surface area contributed by atoms with Gasteiger partial charge in [0, 0.05) is 100 Å². The first-order chi connectivity index (χ1) is 35.6. The van der Waals surface area contributed by atoms with Crippen LogP contribution in [0.5, 0.6) is 23.0 Å². The minimum Gasteiger partial charge on any atom is -0.493 e. The minimum atomic E-state index is -2.35. The molecule has 0 amide bonds. The van der Waals surface area contributed by atoms with E-state index in [0.717, 1.165) is 17.1 Å². The van der Waals surface area contributed by atoms with Gasteiger partial charge in [-0.1, -0.05) is 82.4 Å². The van der Waals surface area contributed by atoms with Crippen molar-refractivity contribution in [1.29, 1.82) is 5.26 Å². The third kappa shape index (κ3) is 39.9. The van der Waals surface area contributed by atoms with Crippen molar-refractivity contribution in [3.8, 4) is 29.1 Å². The van der Waals surface area contributed by atoms with Gasteiger partial charge in [-0.25, -0.2) is 0 Å². The highest BCUT2D eigenvalue weighted by Gasteiger charge is 2.27. The maximum atomic E-state index is 8.65. The van der Waals surface area contributed by atoms with Crippen LogP contribution in [0.2, 0.25) is 0 Å². The van der Waals surface area contributed by atoms with Crippen molar-refractivity contribution in [3.05, 3.63) is 47.5 Å². The number of nitrogens with zero attached hydrogens (tertiary/aromatic N) is 1. The number of nitrogens with two attached hydrogens (primary N) is 1. The van der Waals surface area contributed by atoms with Crippen molar-refractivity contribution in [2.75, 3.05) is 52.5 Å². The summed E-state index contributed by atoms with van der Waals surface area (Å²) >= 11 is 182. The highest BCUT2D eigenvalue weighted by Crippen LogP contribution is 2.31. The summed E-state index contributed by atoms with van der Waals surface area (Å²) in [5.74, 6) is 2.77. The van der Waals surface area contributed by atoms with E-state index in [4.69, 9.17) is 388 Å². The fraction of sp³-hybridized carbons (Fsp3) is 0.536. The van der Waals surface area contributed by atoms with Gasteiger partial charge >= 0.3 is 0 Å². The molecule has 12 nitrogen and oxygen atoms in total. The van der Waals surface area contributed by atoms with Crippen molar-refractivity contribution in [2.45, 2.75) is 50.1 Å². The molecule has 564 valence electrons. The van der Waals surface area contributed by atoms with Gasteiger partial charge in [-0.05, 0) is 426 Å². The van der Waals surface area contributed by atoms with Gasteiger partial charge in [-0.15, -0.1) is 0 Å². The number of methoxy groups -OCH3 is 2. The van der Waals surface area contributed by atoms with Crippen LogP contribution >= 0.6 is 46.6 Å². The number of nitriles is 1. The lowest BCUT2D eigenvalue weighted by molar-refractivity contribution is 0.310. The average molecular weight is 2270 g/mol. The molecule has 14 N–H and O–H groups in total. The SMILES string of the molecule is C.C.C.C.CCOc1cc(C#N)ccc1OC.CCOc1cc(CN)ccc1OC.O.O.O.O.O.O.[13CH3]S(=S)(=S)S(=S)(=S)S(=S)(=S)S(=S)(=S)S.[13CH3]S(=S)(=S)S(=S)(=S)S(=S)(=S)S(=S)(=S)S.[13CH3]S(=S)(=S)S(=S)(=S)S(=S)(=S)S(=S)(=S)S.[13CH3]S(=S)(=S)S(=S)(=S)S(=S)(=S)S(=S)(=S)S. The minimum absolute atomic E-state index is 0. The molecule has 0 saturated heterocycles. The van der Waals surface area contributed by atoms with E-state index in [1.54, 1.807) is 57.4 Å². The lowest BCUT2D eigenvalue weighted by atomic mass is 10.2. The van der Waals surface area contributed by atoms with E-state index >= 15 is 0 Å². The third-order valence-corrected chi connectivity index (χ3v) is 244. The summed E-state index contributed by atoms with van der Waals surface area (Å²) in [6.07, 6.45) is -1.33. The van der Waals surface area contributed by atoms with Crippen LogP contribution in [0.4, 0.5) is 0 Å². The summed E-state index contributed by atoms with van der Waals surface area (Å²) in [4.78, 5) is 0. The summed E-state index contributed by atoms with van der Waals surface area (Å²) in [7, 11) is 3.20. The van der Waals surface area contributed by atoms with Crippen LogP contribution in [0.3, 0.4) is 0 Å². The molecular weight excluding hydrogens is 2200 g/mol. The first-order valence-corrected chi connectivity index (χ1v) is 85.8. The normalized spacial score (nSPS) is 12.0. The summed E-state index contributed by atoms with van der Waals surface area (Å²) in [6, 6.07) is 12.8. The molecule has 0 radical (unpaired) electrons. The molecule has 0 heterocycles. The van der Waals surface area contributed by atoms with Gasteiger partial charge in [-0.3, -0.25) is 0 Å². The smallest absolute Gasteiger partial charge is 0.162 e. The van der Waals surface area contributed by atoms with Gasteiger partial charge in [0.1, 0.15) is 0 Å². The molecule has 92 heavy (non-hydrogen) atoms. The Morgan fingerprint density at radius 2 is 0.554 bits per heavy atom. The number of ether oxygens (including phenoxy) is 4. The van der Waals surface area contributed by atoms with E-state index in [1.165, 1.54) is 0 Å². The van der Waals surface area contributed by atoms with Crippen LogP contribution in [0.15, 0.2) is 36.4 Å². The highest BCUT2D eigenvalue weighted by molar-refractivity contribution is 9.59. The van der Waals surface area contributed by atoms with Crippen LogP contribution in [0.25, 0.3) is 0 Å². The maximum Gasteiger partial charge on any atom is 0.162 e. The van der Waals surface area contributed by atoms with Crippen LogP contribution in [-0.2, 0) is 452 Å². The van der Waals surface area contributed by atoms with Crippen LogP contribution in [0.1, 0.15) is 54.7 Å². The average Bonchev–Trinajstić information content (AvgIpc) is 3.27. The largest absolute Gasteiger partial charge is 0.493 e. The molecule has 0 atom stereocenters. The molecular formula is C28H70N2O10S52. The van der Waals surface area contributed by atoms with E-state index in [1.807, 2.05) is 38.1 Å². The van der Waals surface area contributed by atoms with Crippen molar-refractivity contribution < 1.29 is 51.8 Å². The lowest BCUT2D eigenvalue weighted by Gasteiger charge is -2.20. The monoisotopic (exact) mass is 2260 g/mol. The standard InChI is InChI=1S/C10H15NO2.C10H11NO2.4CH4S13.4CH4.6H2O/c2*1-3-13-10-6-8(7-11)4-5-9(10)12-2;4*1-11(2,3)13(7,8)14(9,10)12(4,5)6;;;;;;;;;;/h4-6H,3,7,11H2,1-2H3;4-6H,3H2,1-2H3;4*1H3,(H,4,5,6);4*1H4;6*1H2/i;;4*1+1;;;;;;;;;;. The topological polar surface area (TPSA) is 276 Å². The van der Waals surface area contributed by atoms with Crippen LogP contribution in [-0.4, -0.2) is 85.3 Å². The molecule has 0 saturated carbocycles. The number of hydrogen-bond donors (Lipinski definition) is 5. The molecule has 0 fully saturated rings. The third-order valence-electron chi connectivity index (χ3n) is 6.87. The number of benzene rings is 2. The van der Waals surface area contributed by atoms with E-state index in [2.05, 4.69) is 46.6 Å². The highest BCUT2D eigenvalue weighted by atomic mass is 34.3. The first-order valence-electron chi connectivity index (χ1n) is 18.0. The van der Waals surface area contributed by atoms with E-state index in [9.17, 15) is 0 Å².